The molecule has 144 valence electrons. The number of carbonyl (C=O) groups excluding carboxylic acids is 2. The first-order valence-electron chi connectivity index (χ1n) is 9.62. The Morgan fingerprint density at radius 3 is 2.71 bits per heavy atom. The quantitative estimate of drug-likeness (QED) is 0.760. The number of likely N-dealkylation sites (tertiary alicyclic amines) is 1. The van der Waals surface area contributed by atoms with E-state index in [1.807, 2.05) is 64.9 Å². The molecule has 6 heteroatoms. The van der Waals surface area contributed by atoms with Crippen molar-refractivity contribution in [1.82, 2.24) is 19.6 Å². The zero-order chi connectivity index (χ0) is 19.7. The van der Waals surface area contributed by atoms with Gasteiger partial charge in [0.25, 0.3) is 5.91 Å². The predicted molar refractivity (Wildman–Crippen MR) is 107 cm³/mol. The van der Waals surface area contributed by atoms with Crippen LogP contribution in [0.15, 0.2) is 48.7 Å². The molecule has 1 saturated heterocycles. The van der Waals surface area contributed by atoms with Crippen LogP contribution < -0.4 is 5.32 Å². The van der Waals surface area contributed by atoms with E-state index in [4.69, 9.17) is 0 Å². The fourth-order valence-corrected chi connectivity index (χ4v) is 3.85. The molecule has 0 bridgehead atoms. The number of hydrogen-bond acceptors (Lipinski definition) is 3. The van der Waals surface area contributed by atoms with Crippen LogP contribution in [0.1, 0.15) is 53.2 Å². The highest BCUT2D eigenvalue weighted by atomic mass is 16.2. The van der Waals surface area contributed by atoms with Crippen LogP contribution in [0.25, 0.3) is 5.52 Å². The average Bonchev–Trinajstić information content (AvgIpc) is 3.32. The highest BCUT2D eigenvalue weighted by Gasteiger charge is 2.32. The fraction of sp³-hybridized carbons (Fsp3) is 0.318. The third-order valence-electron chi connectivity index (χ3n) is 5.32. The maximum atomic E-state index is 12.9. The van der Waals surface area contributed by atoms with Gasteiger partial charge in [-0.2, -0.15) is 0 Å². The van der Waals surface area contributed by atoms with E-state index < -0.39 is 0 Å². The van der Waals surface area contributed by atoms with E-state index in [1.165, 1.54) is 5.56 Å². The molecule has 3 aromatic rings. The third-order valence-corrected chi connectivity index (χ3v) is 5.32. The van der Waals surface area contributed by atoms with Crippen LogP contribution in [0.3, 0.4) is 0 Å². The summed E-state index contributed by atoms with van der Waals surface area (Å²) in [5, 5.41) is 2.97. The zero-order valence-electron chi connectivity index (χ0n) is 16.2. The first-order chi connectivity index (χ1) is 13.5. The van der Waals surface area contributed by atoms with E-state index in [0.29, 0.717) is 12.2 Å². The zero-order valence-corrected chi connectivity index (χ0v) is 16.2. The van der Waals surface area contributed by atoms with Gasteiger partial charge in [-0.3, -0.25) is 9.59 Å². The number of benzene rings is 1. The highest BCUT2D eigenvalue weighted by molar-refractivity contribution is 5.99. The standard InChI is InChI=1S/C22H24N4O2/c1-15-8-10-17(11-9-15)14-23-22(28)20-18-6-3-4-12-26(18)21(24-20)19-7-5-13-25(19)16(2)27/h3-4,6,8-12,19H,5,7,13-14H2,1-2H3,(H,23,28)/t19-/m1/s1. The number of fused-ring (bicyclic) bond motifs is 1. The summed E-state index contributed by atoms with van der Waals surface area (Å²) in [4.78, 5) is 31.4. The lowest BCUT2D eigenvalue weighted by atomic mass is 10.1. The molecular formula is C22H24N4O2. The van der Waals surface area contributed by atoms with Crippen LogP contribution in [0.2, 0.25) is 0 Å². The lowest BCUT2D eigenvalue weighted by Gasteiger charge is -2.22. The maximum absolute atomic E-state index is 12.9. The van der Waals surface area contributed by atoms with Crippen molar-refractivity contribution in [3.63, 3.8) is 0 Å². The third kappa shape index (κ3) is 3.38. The molecule has 4 rings (SSSR count). The molecule has 2 amide bonds. The minimum atomic E-state index is -0.206. The molecule has 28 heavy (non-hydrogen) atoms. The second-order valence-corrected chi connectivity index (χ2v) is 7.31. The lowest BCUT2D eigenvalue weighted by Crippen LogP contribution is -2.29. The molecule has 3 heterocycles. The number of aromatic nitrogens is 2. The summed E-state index contributed by atoms with van der Waals surface area (Å²) in [5.74, 6) is 0.590. The van der Waals surface area contributed by atoms with Gasteiger partial charge in [-0.1, -0.05) is 35.9 Å². The van der Waals surface area contributed by atoms with Crippen molar-refractivity contribution in [3.05, 3.63) is 71.3 Å². The molecular weight excluding hydrogens is 352 g/mol. The SMILES string of the molecule is CC(=O)N1CCC[C@@H]1c1nc(C(=O)NCc2ccc(C)cc2)c2ccccn12. The number of imidazole rings is 1. The minimum Gasteiger partial charge on any atom is -0.347 e. The highest BCUT2D eigenvalue weighted by Crippen LogP contribution is 2.32. The Kier molecular flexibility index (Phi) is 4.86. The summed E-state index contributed by atoms with van der Waals surface area (Å²) < 4.78 is 1.94. The number of carbonyl (C=O) groups is 2. The number of rotatable bonds is 4. The molecule has 1 aliphatic rings. The average molecular weight is 376 g/mol. The van der Waals surface area contributed by atoms with E-state index in [-0.39, 0.29) is 17.9 Å². The van der Waals surface area contributed by atoms with Gasteiger partial charge in [-0.15, -0.1) is 0 Å². The summed E-state index contributed by atoms with van der Waals surface area (Å²) in [7, 11) is 0. The summed E-state index contributed by atoms with van der Waals surface area (Å²) >= 11 is 0. The summed E-state index contributed by atoms with van der Waals surface area (Å²) in [6.07, 6.45) is 3.71. The van der Waals surface area contributed by atoms with Crippen molar-refractivity contribution in [2.24, 2.45) is 0 Å². The second-order valence-electron chi connectivity index (χ2n) is 7.31. The Bertz CT molecular complexity index is 1020. The monoisotopic (exact) mass is 376 g/mol. The summed E-state index contributed by atoms with van der Waals surface area (Å²) in [5.41, 5.74) is 3.39. The molecule has 1 fully saturated rings. The first-order valence-corrected chi connectivity index (χ1v) is 9.62. The molecule has 1 N–H and O–H groups in total. The van der Waals surface area contributed by atoms with Crippen molar-refractivity contribution in [2.45, 2.75) is 39.3 Å². The maximum Gasteiger partial charge on any atom is 0.272 e. The molecule has 2 aromatic heterocycles. The topological polar surface area (TPSA) is 66.7 Å². The number of nitrogens with zero attached hydrogens (tertiary/aromatic N) is 3. The number of hydrogen-bond donors (Lipinski definition) is 1. The number of nitrogens with one attached hydrogen (secondary N) is 1. The van der Waals surface area contributed by atoms with Crippen molar-refractivity contribution in [3.8, 4) is 0 Å². The lowest BCUT2D eigenvalue weighted by molar-refractivity contribution is -0.129. The molecule has 1 atom stereocenters. The van der Waals surface area contributed by atoms with Crippen LogP contribution in [-0.4, -0.2) is 32.6 Å². The van der Waals surface area contributed by atoms with Crippen molar-refractivity contribution in [1.29, 1.82) is 0 Å². The van der Waals surface area contributed by atoms with Crippen LogP contribution in [0, 0.1) is 6.92 Å². The summed E-state index contributed by atoms with van der Waals surface area (Å²) in [6, 6.07) is 13.7. The number of pyridine rings is 1. The molecule has 6 nitrogen and oxygen atoms in total. The smallest absolute Gasteiger partial charge is 0.272 e. The Morgan fingerprint density at radius 2 is 1.96 bits per heavy atom. The van der Waals surface area contributed by atoms with Gasteiger partial charge in [0.1, 0.15) is 5.82 Å². The second kappa shape index (κ2) is 7.46. The minimum absolute atomic E-state index is 0.0422. The first kappa shape index (κ1) is 18.2. The van der Waals surface area contributed by atoms with Crippen LogP contribution in [-0.2, 0) is 11.3 Å². The van der Waals surface area contributed by atoms with Gasteiger partial charge in [0.2, 0.25) is 5.91 Å². The van der Waals surface area contributed by atoms with E-state index in [2.05, 4.69) is 10.3 Å². The molecule has 0 saturated carbocycles. The molecule has 1 aromatic carbocycles. The normalized spacial score (nSPS) is 16.5. The molecule has 0 radical (unpaired) electrons. The molecule has 0 unspecified atom stereocenters. The molecule has 0 spiro atoms. The van der Waals surface area contributed by atoms with Gasteiger partial charge in [-0.05, 0) is 37.5 Å². The Balaban J connectivity index is 1.63. The Labute approximate surface area is 164 Å². The fourth-order valence-electron chi connectivity index (χ4n) is 3.85. The van der Waals surface area contributed by atoms with Gasteiger partial charge < -0.3 is 14.6 Å². The van der Waals surface area contributed by atoms with Crippen LogP contribution >= 0.6 is 0 Å². The Morgan fingerprint density at radius 1 is 1.18 bits per heavy atom. The number of amides is 2. The van der Waals surface area contributed by atoms with E-state index in [9.17, 15) is 9.59 Å². The van der Waals surface area contributed by atoms with E-state index in [0.717, 1.165) is 36.3 Å². The van der Waals surface area contributed by atoms with Gasteiger partial charge in [0.05, 0.1) is 11.6 Å². The van der Waals surface area contributed by atoms with Crippen LogP contribution in [0.4, 0.5) is 0 Å². The van der Waals surface area contributed by atoms with E-state index in [1.54, 1.807) is 6.92 Å². The van der Waals surface area contributed by atoms with Crippen LogP contribution in [0.5, 0.6) is 0 Å². The molecule has 0 aliphatic carbocycles. The van der Waals surface area contributed by atoms with Gasteiger partial charge in [-0.25, -0.2) is 4.98 Å². The largest absolute Gasteiger partial charge is 0.347 e. The van der Waals surface area contributed by atoms with Crippen molar-refractivity contribution in [2.75, 3.05) is 6.54 Å². The number of aryl methyl sites for hydroxylation is 1. The van der Waals surface area contributed by atoms with E-state index >= 15 is 0 Å². The van der Waals surface area contributed by atoms with Crippen molar-refractivity contribution >= 4 is 17.3 Å². The Hall–Kier alpha value is -3.15. The molecule has 1 aliphatic heterocycles. The van der Waals surface area contributed by atoms with Gasteiger partial charge in [0, 0.05) is 26.2 Å². The van der Waals surface area contributed by atoms with Gasteiger partial charge in [0.15, 0.2) is 5.69 Å². The summed E-state index contributed by atoms with van der Waals surface area (Å²) in [6.45, 7) is 4.80. The predicted octanol–water partition coefficient (Wildman–Crippen LogP) is 3.26. The van der Waals surface area contributed by atoms with Crippen molar-refractivity contribution < 1.29 is 9.59 Å². The van der Waals surface area contributed by atoms with Gasteiger partial charge >= 0.3 is 0 Å².